The van der Waals surface area contributed by atoms with Gasteiger partial charge in [-0.3, -0.25) is 14.5 Å². The van der Waals surface area contributed by atoms with Gasteiger partial charge in [0.05, 0.1) is 31.5 Å². The minimum Gasteiger partial charge on any atom is -0.506 e. The molecule has 1 aromatic carbocycles. The van der Waals surface area contributed by atoms with Crippen LogP contribution >= 0.6 is 22.7 Å². The summed E-state index contributed by atoms with van der Waals surface area (Å²) in [6.45, 7) is 8.75. The van der Waals surface area contributed by atoms with Gasteiger partial charge in [-0.1, -0.05) is 12.1 Å². The number of thiophene rings is 2. The van der Waals surface area contributed by atoms with E-state index in [4.69, 9.17) is 0 Å². The second-order valence-corrected chi connectivity index (χ2v) is 11.1. The number of piperazine rings is 1. The number of nitrogens with zero attached hydrogens (tertiary/aromatic N) is 3. The zero-order valence-corrected chi connectivity index (χ0v) is 22.6. The fraction of sp³-hybridized carbons (Fsp3) is 0.346. The quantitative estimate of drug-likeness (QED) is 0.305. The molecule has 0 atom stereocenters. The first-order valence-electron chi connectivity index (χ1n) is 11.9. The summed E-state index contributed by atoms with van der Waals surface area (Å²) in [4.78, 5) is 30.8. The van der Waals surface area contributed by atoms with Gasteiger partial charge in [0.25, 0.3) is 11.8 Å². The summed E-state index contributed by atoms with van der Waals surface area (Å²) in [5.41, 5.74) is 2.78. The summed E-state index contributed by atoms with van der Waals surface area (Å²) in [7, 11) is 0. The Bertz CT molecular complexity index is 1340. The molecule has 1 aliphatic rings. The van der Waals surface area contributed by atoms with E-state index in [-0.39, 0.29) is 11.7 Å². The van der Waals surface area contributed by atoms with E-state index in [1.54, 1.807) is 29.3 Å². The van der Waals surface area contributed by atoms with Crippen LogP contribution in [0.1, 0.15) is 51.2 Å². The predicted molar refractivity (Wildman–Crippen MR) is 143 cm³/mol. The van der Waals surface area contributed by atoms with Crippen molar-refractivity contribution in [1.82, 2.24) is 15.2 Å². The topological polar surface area (TPSA) is 85.2 Å². The number of aromatic hydroxyl groups is 1. The number of rotatable bonds is 6. The van der Waals surface area contributed by atoms with Crippen LogP contribution in [0.3, 0.4) is 0 Å². The molecule has 38 heavy (non-hydrogen) atoms. The normalized spacial score (nSPS) is 15.2. The maximum Gasteiger partial charge on any atom is 0.416 e. The fourth-order valence-corrected chi connectivity index (χ4v) is 5.92. The Hall–Kier alpha value is -3.22. The van der Waals surface area contributed by atoms with Gasteiger partial charge in [0.2, 0.25) is 0 Å². The maximum atomic E-state index is 12.9. The lowest BCUT2D eigenvalue weighted by molar-refractivity contribution is -0.137. The van der Waals surface area contributed by atoms with Gasteiger partial charge in [-0.25, -0.2) is 5.43 Å². The number of hydrogen-bond acceptors (Lipinski definition) is 7. The molecule has 3 heterocycles. The minimum atomic E-state index is -4.44. The van der Waals surface area contributed by atoms with E-state index in [0.29, 0.717) is 50.6 Å². The average molecular weight is 565 g/mol. The number of benzene rings is 1. The maximum absolute atomic E-state index is 12.9. The van der Waals surface area contributed by atoms with Crippen LogP contribution in [0.4, 0.5) is 13.2 Å². The van der Waals surface area contributed by atoms with Crippen LogP contribution in [0.25, 0.3) is 10.4 Å². The molecule has 0 saturated carbocycles. The summed E-state index contributed by atoms with van der Waals surface area (Å²) in [5, 5.41) is 16.3. The van der Waals surface area contributed by atoms with Crippen LogP contribution in [-0.2, 0) is 6.18 Å². The summed E-state index contributed by atoms with van der Waals surface area (Å²) in [5.74, 6) is -0.723. The fourth-order valence-electron chi connectivity index (χ4n) is 4.05. The average Bonchev–Trinajstić information content (AvgIpc) is 3.53. The van der Waals surface area contributed by atoms with Crippen molar-refractivity contribution in [2.75, 3.05) is 26.2 Å². The Kier molecular flexibility index (Phi) is 8.24. The number of hydrogen-bond donors (Lipinski definition) is 2. The molecule has 1 saturated heterocycles. The van der Waals surface area contributed by atoms with Crippen molar-refractivity contribution in [2.45, 2.75) is 33.0 Å². The third-order valence-corrected chi connectivity index (χ3v) is 8.42. The second kappa shape index (κ2) is 11.3. The van der Waals surface area contributed by atoms with Crippen LogP contribution < -0.4 is 5.43 Å². The number of carbonyl (C=O) groups excluding carboxylic acids is 2. The SMILES string of the molecule is CC(=NNC(=O)c1ccc(C(=O)N2CCN(C(C)C)CC2)s1)c1csc(-c2ccc(C(F)(F)F)cc2)c1O. The standard InChI is InChI=1S/C26H27F3N4O3S2/c1-15(2)32-10-12-33(13-11-32)25(36)21-9-8-20(38-21)24(35)31-30-16(3)19-14-37-23(22(19)34)17-4-6-18(7-5-17)26(27,28)29/h4-9,14-15,34H,10-13H2,1-3H3,(H,31,35). The third-order valence-electron chi connectivity index (χ3n) is 6.33. The first-order chi connectivity index (χ1) is 18.0. The van der Waals surface area contributed by atoms with Crippen LogP contribution in [0.2, 0.25) is 0 Å². The molecule has 0 aliphatic carbocycles. The highest BCUT2D eigenvalue weighted by Crippen LogP contribution is 2.40. The molecule has 12 heteroatoms. The molecular formula is C26H27F3N4O3S2. The Morgan fingerprint density at radius 2 is 1.66 bits per heavy atom. The zero-order valence-electron chi connectivity index (χ0n) is 21.0. The molecule has 1 fully saturated rings. The highest BCUT2D eigenvalue weighted by Gasteiger charge is 2.30. The van der Waals surface area contributed by atoms with E-state index in [1.807, 2.05) is 0 Å². The molecule has 0 unspecified atom stereocenters. The Labute approximate surface area is 226 Å². The van der Waals surface area contributed by atoms with Gasteiger partial charge in [-0.15, -0.1) is 22.7 Å². The van der Waals surface area contributed by atoms with E-state index >= 15 is 0 Å². The van der Waals surface area contributed by atoms with Crippen LogP contribution in [-0.4, -0.2) is 64.7 Å². The molecule has 2 N–H and O–H groups in total. The molecule has 3 aromatic rings. The summed E-state index contributed by atoms with van der Waals surface area (Å²) >= 11 is 2.25. The molecule has 0 radical (unpaired) electrons. The molecular weight excluding hydrogens is 537 g/mol. The van der Waals surface area contributed by atoms with Crippen LogP contribution in [0.5, 0.6) is 5.75 Å². The van der Waals surface area contributed by atoms with Crippen molar-refractivity contribution >= 4 is 40.2 Å². The van der Waals surface area contributed by atoms with Gasteiger partial charge >= 0.3 is 6.18 Å². The largest absolute Gasteiger partial charge is 0.506 e. The highest BCUT2D eigenvalue weighted by molar-refractivity contribution is 7.16. The number of alkyl halides is 3. The van der Waals surface area contributed by atoms with E-state index in [9.17, 15) is 27.9 Å². The van der Waals surface area contributed by atoms with E-state index in [0.717, 1.165) is 47.9 Å². The van der Waals surface area contributed by atoms with E-state index in [1.165, 1.54) is 12.1 Å². The number of amides is 2. The molecule has 4 rings (SSSR count). The van der Waals surface area contributed by atoms with Crippen molar-refractivity contribution in [2.24, 2.45) is 5.10 Å². The van der Waals surface area contributed by atoms with Crippen molar-refractivity contribution in [3.63, 3.8) is 0 Å². The Morgan fingerprint density at radius 1 is 1.03 bits per heavy atom. The first-order valence-corrected chi connectivity index (χ1v) is 13.6. The summed E-state index contributed by atoms with van der Waals surface area (Å²) < 4.78 is 38.5. The van der Waals surface area contributed by atoms with Gasteiger partial charge in [0.15, 0.2) is 0 Å². The van der Waals surface area contributed by atoms with Gasteiger partial charge in [-0.05, 0) is 50.6 Å². The zero-order chi connectivity index (χ0) is 27.6. The lowest BCUT2D eigenvalue weighted by Crippen LogP contribution is -2.50. The molecule has 2 aromatic heterocycles. The Morgan fingerprint density at radius 3 is 2.26 bits per heavy atom. The molecule has 2 amide bonds. The number of nitrogens with one attached hydrogen (secondary N) is 1. The molecule has 0 bridgehead atoms. The van der Waals surface area contributed by atoms with Gasteiger partial charge in [0.1, 0.15) is 5.75 Å². The summed E-state index contributed by atoms with van der Waals surface area (Å²) in [6.07, 6.45) is -4.44. The van der Waals surface area contributed by atoms with E-state index < -0.39 is 17.6 Å². The molecule has 0 spiro atoms. The highest BCUT2D eigenvalue weighted by atomic mass is 32.1. The van der Waals surface area contributed by atoms with Crippen LogP contribution in [0, 0.1) is 0 Å². The van der Waals surface area contributed by atoms with Gasteiger partial charge in [0, 0.05) is 37.6 Å². The minimum absolute atomic E-state index is 0.101. The molecule has 1 aliphatic heterocycles. The molecule has 7 nitrogen and oxygen atoms in total. The van der Waals surface area contributed by atoms with Crippen LogP contribution in [0.15, 0.2) is 46.9 Å². The van der Waals surface area contributed by atoms with Crippen molar-refractivity contribution in [3.05, 3.63) is 62.7 Å². The third kappa shape index (κ3) is 6.08. The Balaban J connectivity index is 1.39. The van der Waals surface area contributed by atoms with Crippen molar-refractivity contribution in [3.8, 4) is 16.2 Å². The first kappa shape index (κ1) is 27.8. The smallest absolute Gasteiger partial charge is 0.416 e. The lowest BCUT2D eigenvalue weighted by Gasteiger charge is -2.36. The number of halogens is 3. The van der Waals surface area contributed by atoms with Crippen molar-refractivity contribution in [1.29, 1.82) is 0 Å². The second-order valence-electron chi connectivity index (χ2n) is 9.13. The molecule has 202 valence electrons. The number of hydrazone groups is 1. The monoisotopic (exact) mass is 564 g/mol. The predicted octanol–water partition coefficient (Wildman–Crippen LogP) is 5.52. The van der Waals surface area contributed by atoms with Crippen molar-refractivity contribution < 1.29 is 27.9 Å². The van der Waals surface area contributed by atoms with E-state index in [2.05, 4.69) is 29.3 Å². The lowest BCUT2D eigenvalue weighted by atomic mass is 10.1. The number of carbonyl (C=O) groups is 2. The van der Waals surface area contributed by atoms with Gasteiger partial charge < -0.3 is 10.0 Å². The summed E-state index contributed by atoms with van der Waals surface area (Å²) in [6, 6.07) is 8.16. The van der Waals surface area contributed by atoms with Gasteiger partial charge in [-0.2, -0.15) is 18.3 Å².